The van der Waals surface area contributed by atoms with Crippen molar-refractivity contribution in [2.45, 2.75) is 32.7 Å². The molecule has 0 atom stereocenters. The SMILES string of the molecule is CC(=O)CC1CCN(c2ccc(Nc3cc(NCc4cc(F)cc(F)c4)c(C(N)=O)cn3)cc2)CC1. The Labute approximate surface area is 208 Å². The number of carbonyl (C=O) groups excluding carboxylic acids is 2. The molecule has 3 aromatic rings. The number of amides is 1. The largest absolute Gasteiger partial charge is 0.380 e. The molecule has 0 unspecified atom stereocenters. The lowest BCUT2D eigenvalue weighted by Gasteiger charge is -2.33. The number of hydrogen-bond acceptors (Lipinski definition) is 6. The molecule has 1 amide bonds. The minimum absolute atomic E-state index is 0.0935. The van der Waals surface area contributed by atoms with E-state index >= 15 is 0 Å². The molecule has 1 saturated heterocycles. The van der Waals surface area contributed by atoms with E-state index in [1.54, 1.807) is 13.0 Å². The molecular weight excluding hydrogens is 464 g/mol. The maximum Gasteiger partial charge on any atom is 0.252 e. The first kappa shape index (κ1) is 25.1. The Morgan fingerprint density at radius 3 is 2.33 bits per heavy atom. The first-order chi connectivity index (χ1) is 17.3. The molecule has 0 spiro atoms. The fraction of sp³-hybridized carbons (Fsp3) is 0.296. The Hall–Kier alpha value is -4.01. The quantitative estimate of drug-likeness (QED) is 0.388. The van der Waals surface area contributed by atoms with Crippen molar-refractivity contribution in [3.8, 4) is 0 Å². The highest BCUT2D eigenvalue weighted by Crippen LogP contribution is 2.28. The summed E-state index contributed by atoms with van der Waals surface area (Å²) < 4.78 is 27.0. The molecule has 9 heteroatoms. The molecule has 2 aromatic carbocycles. The van der Waals surface area contributed by atoms with E-state index < -0.39 is 17.5 Å². The summed E-state index contributed by atoms with van der Waals surface area (Å²) in [6.45, 7) is 3.59. The van der Waals surface area contributed by atoms with Gasteiger partial charge in [-0.1, -0.05) is 0 Å². The average molecular weight is 494 g/mol. The summed E-state index contributed by atoms with van der Waals surface area (Å²) in [4.78, 5) is 29.8. The number of piperidine rings is 1. The molecule has 0 aliphatic carbocycles. The molecule has 188 valence electrons. The summed E-state index contributed by atoms with van der Waals surface area (Å²) in [5.41, 5.74) is 8.35. The van der Waals surface area contributed by atoms with Gasteiger partial charge in [0.2, 0.25) is 0 Å². The van der Waals surface area contributed by atoms with E-state index in [1.807, 2.05) is 24.3 Å². The van der Waals surface area contributed by atoms with Gasteiger partial charge in [0.1, 0.15) is 23.2 Å². The number of rotatable bonds is 9. The van der Waals surface area contributed by atoms with Gasteiger partial charge in [-0.05, 0) is 67.6 Å². The molecule has 0 bridgehead atoms. The average Bonchev–Trinajstić information content (AvgIpc) is 2.83. The van der Waals surface area contributed by atoms with Crippen LogP contribution in [0.2, 0.25) is 0 Å². The van der Waals surface area contributed by atoms with Gasteiger partial charge in [-0.15, -0.1) is 0 Å². The molecule has 2 heterocycles. The smallest absolute Gasteiger partial charge is 0.252 e. The normalized spacial score (nSPS) is 13.9. The van der Waals surface area contributed by atoms with Crippen LogP contribution in [0.4, 0.5) is 31.7 Å². The summed E-state index contributed by atoms with van der Waals surface area (Å²) in [5, 5.41) is 6.22. The molecule has 7 nitrogen and oxygen atoms in total. The Balaban J connectivity index is 1.42. The van der Waals surface area contributed by atoms with Crippen LogP contribution in [-0.2, 0) is 11.3 Å². The van der Waals surface area contributed by atoms with E-state index in [0.29, 0.717) is 29.4 Å². The molecule has 4 rings (SSSR count). The molecule has 4 N–H and O–H groups in total. The van der Waals surface area contributed by atoms with Gasteiger partial charge in [0, 0.05) is 55.8 Å². The van der Waals surface area contributed by atoms with Gasteiger partial charge in [-0.25, -0.2) is 13.8 Å². The number of primary amides is 1. The second-order valence-electron chi connectivity index (χ2n) is 9.12. The summed E-state index contributed by atoms with van der Waals surface area (Å²) in [7, 11) is 0. The number of Topliss-reactive ketones (excluding diaryl/α,β-unsaturated/α-hetero) is 1. The van der Waals surface area contributed by atoms with E-state index in [1.165, 1.54) is 18.3 Å². The van der Waals surface area contributed by atoms with E-state index in [9.17, 15) is 18.4 Å². The predicted octanol–water partition coefficient (Wildman–Crippen LogP) is 5.01. The molecule has 0 radical (unpaired) electrons. The Bertz CT molecular complexity index is 1220. The highest BCUT2D eigenvalue weighted by molar-refractivity contribution is 5.98. The van der Waals surface area contributed by atoms with Crippen LogP contribution in [0.1, 0.15) is 42.1 Å². The topological polar surface area (TPSA) is 100 Å². The summed E-state index contributed by atoms with van der Waals surface area (Å²) in [6.07, 6.45) is 4.04. The van der Waals surface area contributed by atoms with Crippen LogP contribution in [0.25, 0.3) is 0 Å². The molecule has 0 saturated carbocycles. The van der Waals surface area contributed by atoms with Crippen LogP contribution < -0.4 is 21.3 Å². The van der Waals surface area contributed by atoms with Crippen LogP contribution in [-0.4, -0.2) is 29.8 Å². The van der Waals surface area contributed by atoms with Crippen molar-refractivity contribution in [1.29, 1.82) is 0 Å². The number of nitrogens with one attached hydrogen (secondary N) is 2. The van der Waals surface area contributed by atoms with Crippen molar-refractivity contribution in [3.05, 3.63) is 77.5 Å². The third-order valence-corrected chi connectivity index (χ3v) is 6.27. The minimum Gasteiger partial charge on any atom is -0.380 e. The van der Waals surface area contributed by atoms with Crippen LogP contribution in [0.3, 0.4) is 0 Å². The number of nitrogens with zero attached hydrogens (tertiary/aromatic N) is 2. The summed E-state index contributed by atoms with van der Waals surface area (Å²) in [5.74, 6) is -0.825. The Kier molecular flexibility index (Phi) is 7.77. The van der Waals surface area contributed by atoms with E-state index in [-0.39, 0.29) is 17.9 Å². The van der Waals surface area contributed by atoms with Gasteiger partial charge in [-0.3, -0.25) is 4.79 Å². The zero-order valence-electron chi connectivity index (χ0n) is 20.1. The number of ketones is 1. The van der Waals surface area contributed by atoms with Gasteiger partial charge >= 0.3 is 0 Å². The van der Waals surface area contributed by atoms with Crippen molar-refractivity contribution in [1.82, 2.24) is 4.98 Å². The van der Waals surface area contributed by atoms with Crippen molar-refractivity contribution in [2.24, 2.45) is 11.7 Å². The van der Waals surface area contributed by atoms with Crippen LogP contribution in [0, 0.1) is 17.6 Å². The van der Waals surface area contributed by atoms with Gasteiger partial charge in [-0.2, -0.15) is 0 Å². The van der Waals surface area contributed by atoms with E-state index in [2.05, 4.69) is 20.5 Å². The highest BCUT2D eigenvalue weighted by atomic mass is 19.1. The monoisotopic (exact) mass is 493 g/mol. The number of anilines is 4. The second-order valence-corrected chi connectivity index (χ2v) is 9.12. The zero-order valence-corrected chi connectivity index (χ0v) is 20.1. The first-order valence-corrected chi connectivity index (χ1v) is 11.9. The molecular formula is C27H29F2N5O2. The fourth-order valence-electron chi connectivity index (χ4n) is 4.48. The molecule has 1 aliphatic heterocycles. The van der Waals surface area contributed by atoms with Gasteiger partial charge < -0.3 is 26.1 Å². The number of pyridine rings is 1. The number of halogens is 2. The lowest BCUT2D eigenvalue weighted by atomic mass is 9.92. The van der Waals surface area contributed by atoms with Gasteiger partial charge in [0.05, 0.1) is 11.3 Å². The van der Waals surface area contributed by atoms with Gasteiger partial charge in [0.15, 0.2) is 0 Å². The number of hydrogen-bond donors (Lipinski definition) is 3. The highest BCUT2D eigenvalue weighted by Gasteiger charge is 2.20. The van der Waals surface area contributed by atoms with Gasteiger partial charge in [0.25, 0.3) is 5.91 Å². The molecule has 1 fully saturated rings. The third kappa shape index (κ3) is 6.56. The van der Waals surface area contributed by atoms with Crippen molar-refractivity contribution >= 4 is 34.6 Å². The van der Waals surface area contributed by atoms with Crippen molar-refractivity contribution in [2.75, 3.05) is 28.6 Å². The maximum absolute atomic E-state index is 13.5. The zero-order chi connectivity index (χ0) is 25.7. The number of aromatic nitrogens is 1. The van der Waals surface area contributed by atoms with Crippen molar-refractivity contribution in [3.63, 3.8) is 0 Å². The number of carbonyl (C=O) groups is 2. The minimum atomic E-state index is -0.678. The lowest BCUT2D eigenvalue weighted by Crippen LogP contribution is -2.34. The van der Waals surface area contributed by atoms with Crippen LogP contribution in [0.15, 0.2) is 54.7 Å². The van der Waals surface area contributed by atoms with Crippen LogP contribution >= 0.6 is 0 Å². The molecule has 36 heavy (non-hydrogen) atoms. The standard InChI is InChI=1S/C27H29F2N5O2/c1-17(35)10-18-6-8-34(9-7-18)23-4-2-22(3-5-23)33-26-14-25(24(16-32-26)27(30)36)31-15-19-11-20(28)13-21(29)12-19/h2-5,11-14,16,18H,6-10,15H2,1H3,(H2,30,36)(H2,31,32,33). The first-order valence-electron chi connectivity index (χ1n) is 11.9. The summed E-state index contributed by atoms with van der Waals surface area (Å²) >= 11 is 0. The third-order valence-electron chi connectivity index (χ3n) is 6.27. The molecule has 1 aromatic heterocycles. The Morgan fingerprint density at radius 1 is 1.06 bits per heavy atom. The second kappa shape index (κ2) is 11.2. The number of benzene rings is 2. The fourth-order valence-corrected chi connectivity index (χ4v) is 4.48. The van der Waals surface area contributed by atoms with E-state index in [4.69, 9.17) is 5.73 Å². The maximum atomic E-state index is 13.5. The number of nitrogens with two attached hydrogens (primary N) is 1. The van der Waals surface area contributed by atoms with Crippen LogP contribution in [0.5, 0.6) is 0 Å². The van der Waals surface area contributed by atoms with E-state index in [0.717, 1.165) is 43.4 Å². The predicted molar refractivity (Wildman–Crippen MR) is 136 cm³/mol. The lowest BCUT2D eigenvalue weighted by molar-refractivity contribution is -0.118. The molecule has 1 aliphatic rings. The Morgan fingerprint density at radius 2 is 1.72 bits per heavy atom. The summed E-state index contributed by atoms with van der Waals surface area (Å²) in [6, 6.07) is 12.8. The van der Waals surface area contributed by atoms with Crippen molar-refractivity contribution < 1.29 is 18.4 Å².